The van der Waals surface area contributed by atoms with Gasteiger partial charge < -0.3 is 9.47 Å². The van der Waals surface area contributed by atoms with E-state index in [0.717, 1.165) is 22.3 Å². The average Bonchev–Trinajstić information content (AvgIpc) is 2.82. The zero-order valence-corrected chi connectivity index (χ0v) is 21.9. The highest BCUT2D eigenvalue weighted by Crippen LogP contribution is 2.42. The monoisotopic (exact) mass is 482 g/mol. The smallest absolute Gasteiger partial charge is 0.336 e. The van der Waals surface area contributed by atoms with Crippen LogP contribution < -0.4 is 9.47 Å². The molecule has 3 aromatic carbocycles. The number of carbonyl (C=O) groups is 2. The van der Waals surface area contributed by atoms with E-state index in [4.69, 9.17) is 9.47 Å². The Hall–Kier alpha value is -3.92. The molecule has 36 heavy (non-hydrogen) atoms. The average molecular weight is 483 g/mol. The predicted octanol–water partition coefficient (Wildman–Crippen LogP) is 7.52. The van der Waals surface area contributed by atoms with Crippen LogP contribution in [0.25, 0.3) is 12.2 Å². The van der Waals surface area contributed by atoms with Crippen molar-refractivity contribution in [2.75, 3.05) is 0 Å². The van der Waals surface area contributed by atoms with E-state index in [-0.39, 0.29) is 22.3 Å². The third-order valence-corrected chi connectivity index (χ3v) is 5.56. The van der Waals surface area contributed by atoms with Crippen molar-refractivity contribution in [2.45, 2.75) is 52.4 Å². The Morgan fingerprint density at radius 1 is 0.639 bits per heavy atom. The summed E-state index contributed by atoms with van der Waals surface area (Å²) >= 11 is 0. The molecule has 0 saturated carbocycles. The van der Waals surface area contributed by atoms with Crippen LogP contribution in [-0.4, -0.2) is 11.9 Å². The van der Waals surface area contributed by atoms with E-state index in [1.807, 2.05) is 87.5 Å². The highest BCUT2D eigenvalue weighted by molar-refractivity contribution is 5.91. The third-order valence-electron chi connectivity index (χ3n) is 5.56. The molecule has 0 aromatic heterocycles. The minimum atomic E-state index is -0.554. The van der Waals surface area contributed by atoms with E-state index in [9.17, 15) is 9.59 Å². The molecule has 0 fully saturated rings. The van der Waals surface area contributed by atoms with Crippen molar-refractivity contribution >= 4 is 24.1 Å². The van der Waals surface area contributed by atoms with Crippen molar-refractivity contribution in [3.63, 3.8) is 0 Å². The van der Waals surface area contributed by atoms with E-state index >= 15 is 0 Å². The number of rotatable bonds is 6. The molecular formula is C32H34O4. The second kappa shape index (κ2) is 11.2. The van der Waals surface area contributed by atoms with Gasteiger partial charge in [-0.05, 0) is 45.7 Å². The zero-order chi connectivity index (χ0) is 26.3. The normalized spacial score (nSPS) is 12.2. The first kappa shape index (κ1) is 26.7. The minimum absolute atomic E-state index is 0.212. The Kier molecular flexibility index (Phi) is 8.31. The third kappa shape index (κ3) is 7.54. The lowest BCUT2D eigenvalue weighted by atomic mass is 9.80. The Labute approximate surface area is 214 Å². The van der Waals surface area contributed by atoms with Crippen LogP contribution in [0, 0.1) is 0 Å². The van der Waals surface area contributed by atoms with Crippen LogP contribution in [0.2, 0.25) is 0 Å². The molecule has 4 heteroatoms. The molecule has 3 aromatic rings. The number of hydrogen-bond donors (Lipinski definition) is 0. The SMILES string of the molecule is CC(C)(C)c1cc(OC(=O)/C=C\c2ccccc2)c(OC(=O)/C=C\c2ccccc2)c(C(C)(C)C)c1. The van der Waals surface area contributed by atoms with E-state index in [1.54, 1.807) is 18.2 Å². The van der Waals surface area contributed by atoms with E-state index in [2.05, 4.69) is 20.8 Å². The summed E-state index contributed by atoms with van der Waals surface area (Å²) in [6.45, 7) is 12.4. The zero-order valence-electron chi connectivity index (χ0n) is 21.9. The molecule has 186 valence electrons. The van der Waals surface area contributed by atoms with Gasteiger partial charge in [-0.2, -0.15) is 0 Å². The summed E-state index contributed by atoms with van der Waals surface area (Å²) in [6, 6.07) is 22.8. The molecule has 0 unspecified atom stereocenters. The Bertz CT molecular complexity index is 1260. The molecule has 0 aliphatic carbocycles. The molecule has 0 N–H and O–H groups in total. The summed E-state index contributed by atoms with van der Waals surface area (Å²) in [5.74, 6) is -0.636. The topological polar surface area (TPSA) is 52.6 Å². The number of benzene rings is 3. The summed E-state index contributed by atoms with van der Waals surface area (Å²) in [5.41, 5.74) is 2.93. The van der Waals surface area contributed by atoms with Gasteiger partial charge in [0.25, 0.3) is 0 Å². The van der Waals surface area contributed by atoms with Crippen molar-refractivity contribution in [3.8, 4) is 11.5 Å². The molecule has 0 spiro atoms. The molecule has 4 nitrogen and oxygen atoms in total. The van der Waals surface area contributed by atoms with Crippen molar-refractivity contribution in [1.29, 1.82) is 0 Å². The van der Waals surface area contributed by atoms with Gasteiger partial charge in [-0.3, -0.25) is 0 Å². The number of hydrogen-bond acceptors (Lipinski definition) is 4. The largest absolute Gasteiger partial charge is 0.419 e. The van der Waals surface area contributed by atoms with Gasteiger partial charge in [-0.1, -0.05) is 108 Å². The Balaban J connectivity index is 2.00. The molecule has 0 aliphatic heterocycles. The first-order valence-corrected chi connectivity index (χ1v) is 12.0. The fraction of sp³-hybridized carbons (Fsp3) is 0.250. The molecule has 0 bridgehead atoms. The van der Waals surface area contributed by atoms with Crippen molar-refractivity contribution in [1.82, 2.24) is 0 Å². The molecule has 0 radical (unpaired) electrons. The summed E-state index contributed by atoms with van der Waals surface area (Å²) in [4.78, 5) is 25.6. The van der Waals surface area contributed by atoms with Crippen LogP contribution in [0.1, 0.15) is 63.8 Å². The second-order valence-electron chi connectivity index (χ2n) is 10.7. The van der Waals surface area contributed by atoms with Gasteiger partial charge in [0.2, 0.25) is 0 Å². The molecule has 3 rings (SSSR count). The van der Waals surface area contributed by atoms with Gasteiger partial charge >= 0.3 is 11.9 Å². The first-order chi connectivity index (χ1) is 16.9. The first-order valence-electron chi connectivity index (χ1n) is 12.0. The van der Waals surface area contributed by atoms with Crippen molar-refractivity contribution < 1.29 is 19.1 Å². The molecule has 0 aliphatic rings. The van der Waals surface area contributed by atoms with Crippen LogP contribution in [0.4, 0.5) is 0 Å². The van der Waals surface area contributed by atoms with Crippen molar-refractivity contribution in [2.24, 2.45) is 0 Å². The summed E-state index contributed by atoms with van der Waals surface area (Å²) in [5, 5.41) is 0. The molecule has 0 heterocycles. The lowest BCUT2D eigenvalue weighted by molar-refractivity contribution is -0.131. The van der Waals surface area contributed by atoms with Gasteiger partial charge in [0.05, 0.1) is 0 Å². The van der Waals surface area contributed by atoms with Crippen LogP contribution in [0.15, 0.2) is 84.9 Å². The highest BCUT2D eigenvalue weighted by atomic mass is 16.6. The number of carbonyl (C=O) groups excluding carboxylic acids is 2. The van der Waals surface area contributed by atoms with Crippen molar-refractivity contribution in [3.05, 3.63) is 107 Å². The molecule has 0 atom stereocenters. The fourth-order valence-corrected chi connectivity index (χ4v) is 3.51. The summed E-state index contributed by atoms with van der Waals surface area (Å²) in [6.07, 6.45) is 6.13. The van der Waals surface area contributed by atoms with Gasteiger partial charge in [-0.15, -0.1) is 0 Å². The van der Waals surface area contributed by atoms with Crippen LogP contribution in [0.5, 0.6) is 11.5 Å². The lowest BCUT2D eigenvalue weighted by Gasteiger charge is -2.28. The van der Waals surface area contributed by atoms with E-state index < -0.39 is 11.9 Å². The minimum Gasteiger partial charge on any atom is -0.419 e. The predicted molar refractivity (Wildman–Crippen MR) is 146 cm³/mol. The maximum atomic E-state index is 12.8. The Morgan fingerprint density at radius 3 is 1.56 bits per heavy atom. The highest BCUT2D eigenvalue weighted by Gasteiger charge is 2.28. The fourth-order valence-electron chi connectivity index (χ4n) is 3.51. The maximum absolute atomic E-state index is 12.8. The molecular weight excluding hydrogens is 448 g/mol. The van der Waals surface area contributed by atoms with Gasteiger partial charge in [0.15, 0.2) is 11.5 Å². The standard InChI is InChI=1S/C32H34O4/c1-31(2,3)25-21-26(32(4,5)6)30(36-29(34)20-18-24-15-11-8-12-16-24)27(22-25)35-28(33)19-17-23-13-9-7-10-14-23/h7-22H,1-6H3/b19-17-,20-18-. The summed E-state index contributed by atoms with van der Waals surface area (Å²) in [7, 11) is 0. The van der Waals surface area contributed by atoms with Crippen LogP contribution in [0.3, 0.4) is 0 Å². The van der Waals surface area contributed by atoms with Crippen LogP contribution in [-0.2, 0) is 20.4 Å². The second-order valence-corrected chi connectivity index (χ2v) is 10.7. The van der Waals surface area contributed by atoms with E-state index in [0.29, 0.717) is 0 Å². The summed E-state index contributed by atoms with van der Waals surface area (Å²) < 4.78 is 11.6. The van der Waals surface area contributed by atoms with Crippen LogP contribution >= 0.6 is 0 Å². The Morgan fingerprint density at radius 2 is 1.11 bits per heavy atom. The lowest BCUT2D eigenvalue weighted by Crippen LogP contribution is -2.20. The quantitative estimate of drug-likeness (QED) is 0.207. The van der Waals surface area contributed by atoms with E-state index in [1.165, 1.54) is 12.2 Å². The number of ether oxygens (including phenoxy) is 2. The molecule has 0 amide bonds. The van der Waals surface area contributed by atoms with Gasteiger partial charge in [-0.25, -0.2) is 9.59 Å². The maximum Gasteiger partial charge on any atom is 0.336 e. The number of esters is 2. The molecule has 0 saturated heterocycles. The van der Waals surface area contributed by atoms with Gasteiger partial charge in [0, 0.05) is 17.7 Å². The van der Waals surface area contributed by atoms with Gasteiger partial charge in [0.1, 0.15) is 0 Å².